The van der Waals surface area contributed by atoms with E-state index < -0.39 is 0 Å². The summed E-state index contributed by atoms with van der Waals surface area (Å²) in [5, 5.41) is 0. The maximum atomic E-state index is 6.42. The van der Waals surface area contributed by atoms with E-state index in [4.69, 9.17) is 24.4 Å². The number of fused-ring (bicyclic) bond motifs is 2. The number of hydrogen-bond acceptors (Lipinski definition) is 7. The molecule has 0 aromatic carbocycles. The van der Waals surface area contributed by atoms with Gasteiger partial charge in [0, 0.05) is 35.8 Å². The highest BCUT2D eigenvalue weighted by Gasteiger charge is 2.45. The van der Waals surface area contributed by atoms with Crippen molar-refractivity contribution >= 4 is 39.1 Å². The Morgan fingerprint density at radius 3 is 2.71 bits per heavy atom. The molecule has 3 saturated heterocycles. The molecule has 1 aliphatic carbocycles. The van der Waals surface area contributed by atoms with Gasteiger partial charge in [-0.2, -0.15) is 9.97 Å². The quantitative estimate of drug-likeness (QED) is 0.497. The first-order valence-electron chi connectivity index (χ1n) is 13.3. The van der Waals surface area contributed by atoms with Gasteiger partial charge >= 0.3 is 6.01 Å². The van der Waals surface area contributed by atoms with E-state index in [0.717, 1.165) is 65.4 Å². The normalized spacial score (nSPS) is 25.4. The van der Waals surface area contributed by atoms with E-state index in [1.165, 1.54) is 38.8 Å². The minimum atomic E-state index is 0.164. The standard InChI is InChI=1S/C27H38BrN5O2/c1-4-19(3)29-24-20(5-2)23-22(17-21(24)28)30-26(31-25(23)32-11-8-15-34-16-14-32)35-18-27-9-6-12-33(27)13-7-10-27/h5,17,19H,4,6-16,18H2,1-3H3/b20-5-,29-24?. The topological polar surface area (TPSA) is 63.1 Å². The van der Waals surface area contributed by atoms with Gasteiger partial charge in [0.25, 0.3) is 0 Å². The number of anilines is 1. The second-order valence-electron chi connectivity index (χ2n) is 10.2. The smallest absolute Gasteiger partial charge is 0.319 e. The zero-order valence-electron chi connectivity index (χ0n) is 21.4. The Bertz CT molecular complexity index is 1020. The average Bonchev–Trinajstić information content (AvgIpc) is 3.32. The molecule has 0 bridgehead atoms. The third-order valence-corrected chi connectivity index (χ3v) is 8.55. The van der Waals surface area contributed by atoms with Gasteiger partial charge < -0.3 is 14.4 Å². The molecule has 8 heteroatoms. The molecule has 190 valence electrons. The van der Waals surface area contributed by atoms with Gasteiger partial charge in [-0.15, -0.1) is 0 Å². The van der Waals surface area contributed by atoms with Gasteiger partial charge in [0.2, 0.25) is 0 Å². The Morgan fingerprint density at radius 1 is 1.17 bits per heavy atom. The van der Waals surface area contributed by atoms with Crippen LogP contribution in [0.4, 0.5) is 5.82 Å². The van der Waals surface area contributed by atoms with Crippen LogP contribution in [0.3, 0.4) is 0 Å². The zero-order valence-corrected chi connectivity index (χ0v) is 22.9. The van der Waals surface area contributed by atoms with Crippen LogP contribution >= 0.6 is 15.9 Å². The summed E-state index contributed by atoms with van der Waals surface area (Å²) in [6, 6.07) is 0.715. The number of nitrogens with zero attached hydrogens (tertiary/aromatic N) is 5. The van der Waals surface area contributed by atoms with Crippen molar-refractivity contribution in [3.05, 3.63) is 21.8 Å². The Balaban J connectivity index is 1.55. The minimum absolute atomic E-state index is 0.164. The maximum Gasteiger partial charge on any atom is 0.319 e. The summed E-state index contributed by atoms with van der Waals surface area (Å²) in [6.07, 6.45) is 11.1. The van der Waals surface area contributed by atoms with Crippen molar-refractivity contribution in [1.29, 1.82) is 0 Å². The molecule has 1 unspecified atom stereocenters. The molecule has 0 saturated carbocycles. The molecule has 7 nitrogen and oxygen atoms in total. The van der Waals surface area contributed by atoms with Gasteiger partial charge in [0.15, 0.2) is 0 Å². The molecule has 0 N–H and O–H groups in total. The number of rotatable bonds is 6. The maximum absolute atomic E-state index is 6.42. The number of ether oxygens (including phenoxy) is 2. The van der Waals surface area contributed by atoms with Crippen LogP contribution in [-0.2, 0) is 4.74 Å². The SMILES string of the molecule is C/C=C1\C(=NC(C)CC)C(Br)=Cc2nc(OCC34CCCN3CCC4)nc(N3CCCOCC3)c21. The summed E-state index contributed by atoms with van der Waals surface area (Å²) in [5.74, 6) is 0.934. The van der Waals surface area contributed by atoms with Crippen molar-refractivity contribution in [2.45, 2.75) is 70.9 Å². The van der Waals surface area contributed by atoms with Crippen LogP contribution in [0.25, 0.3) is 11.6 Å². The Morgan fingerprint density at radius 2 is 1.97 bits per heavy atom. The molecular formula is C27H38BrN5O2. The van der Waals surface area contributed by atoms with E-state index in [9.17, 15) is 0 Å². The van der Waals surface area contributed by atoms with E-state index >= 15 is 0 Å². The minimum Gasteiger partial charge on any atom is -0.461 e. The fourth-order valence-electron chi connectivity index (χ4n) is 5.88. The molecule has 1 aromatic rings. The summed E-state index contributed by atoms with van der Waals surface area (Å²) in [5.41, 5.74) is 4.17. The summed E-state index contributed by atoms with van der Waals surface area (Å²) in [4.78, 5) is 20.0. The summed E-state index contributed by atoms with van der Waals surface area (Å²) >= 11 is 3.80. The molecule has 0 amide bonds. The lowest BCUT2D eigenvalue weighted by atomic mass is 9.93. The Kier molecular flexibility index (Phi) is 7.61. The van der Waals surface area contributed by atoms with Gasteiger partial charge in [-0.25, -0.2) is 0 Å². The number of aromatic nitrogens is 2. The molecule has 1 atom stereocenters. The fraction of sp³-hybridized carbons (Fsp3) is 0.667. The third-order valence-electron chi connectivity index (χ3n) is 7.94. The highest BCUT2D eigenvalue weighted by molar-refractivity contribution is 9.12. The van der Waals surface area contributed by atoms with E-state index in [1.54, 1.807) is 0 Å². The summed E-state index contributed by atoms with van der Waals surface area (Å²) < 4.78 is 13.1. The lowest BCUT2D eigenvalue weighted by molar-refractivity contribution is 0.107. The fourth-order valence-corrected chi connectivity index (χ4v) is 6.41. The Labute approximate surface area is 217 Å². The first kappa shape index (κ1) is 24.9. The molecule has 0 radical (unpaired) electrons. The monoisotopic (exact) mass is 543 g/mol. The lowest BCUT2D eigenvalue weighted by Gasteiger charge is -2.32. The van der Waals surface area contributed by atoms with Crippen LogP contribution in [0.2, 0.25) is 0 Å². The molecule has 1 aromatic heterocycles. The van der Waals surface area contributed by atoms with Gasteiger partial charge in [-0.3, -0.25) is 9.89 Å². The van der Waals surface area contributed by atoms with Crippen molar-refractivity contribution in [2.75, 3.05) is 50.9 Å². The number of hydrogen-bond donors (Lipinski definition) is 0. The largest absolute Gasteiger partial charge is 0.461 e. The lowest BCUT2D eigenvalue weighted by Crippen LogP contribution is -2.43. The molecule has 3 fully saturated rings. The first-order chi connectivity index (χ1) is 17.0. The molecule has 4 aliphatic rings. The molecule has 3 aliphatic heterocycles. The highest BCUT2D eigenvalue weighted by Crippen LogP contribution is 2.41. The van der Waals surface area contributed by atoms with Crippen LogP contribution in [0.1, 0.15) is 70.6 Å². The number of aliphatic imine (C=N–C) groups is 1. The first-order valence-corrected chi connectivity index (χ1v) is 14.1. The number of halogens is 1. The van der Waals surface area contributed by atoms with Gasteiger partial charge in [-0.1, -0.05) is 13.0 Å². The van der Waals surface area contributed by atoms with Crippen LogP contribution in [0.15, 0.2) is 15.6 Å². The Hall–Kier alpha value is -1.77. The second kappa shape index (κ2) is 10.7. The average molecular weight is 545 g/mol. The number of allylic oxidation sites excluding steroid dienone is 3. The molecular weight excluding hydrogens is 506 g/mol. The zero-order chi connectivity index (χ0) is 24.4. The van der Waals surface area contributed by atoms with Crippen LogP contribution in [-0.4, -0.2) is 78.2 Å². The third kappa shape index (κ3) is 4.94. The predicted molar refractivity (Wildman–Crippen MR) is 146 cm³/mol. The van der Waals surface area contributed by atoms with Crippen molar-refractivity contribution in [1.82, 2.24) is 14.9 Å². The summed E-state index contributed by atoms with van der Waals surface area (Å²) in [7, 11) is 0. The summed E-state index contributed by atoms with van der Waals surface area (Å²) in [6.45, 7) is 12.6. The van der Waals surface area contributed by atoms with Crippen LogP contribution in [0, 0.1) is 0 Å². The van der Waals surface area contributed by atoms with Gasteiger partial charge in [0.05, 0.1) is 29.1 Å². The van der Waals surface area contributed by atoms with E-state index in [-0.39, 0.29) is 11.6 Å². The van der Waals surface area contributed by atoms with Crippen molar-refractivity contribution < 1.29 is 9.47 Å². The molecule has 35 heavy (non-hydrogen) atoms. The molecule has 5 rings (SSSR count). The van der Waals surface area contributed by atoms with Crippen molar-refractivity contribution in [3.8, 4) is 6.01 Å². The van der Waals surface area contributed by atoms with Crippen molar-refractivity contribution in [2.24, 2.45) is 4.99 Å². The van der Waals surface area contributed by atoms with E-state index in [0.29, 0.717) is 19.2 Å². The predicted octanol–water partition coefficient (Wildman–Crippen LogP) is 5.10. The second-order valence-corrected chi connectivity index (χ2v) is 11.0. The van der Waals surface area contributed by atoms with E-state index in [2.05, 4.69) is 58.7 Å². The van der Waals surface area contributed by atoms with E-state index in [1.807, 2.05) is 0 Å². The highest BCUT2D eigenvalue weighted by atomic mass is 79.9. The van der Waals surface area contributed by atoms with Crippen LogP contribution < -0.4 is 9.64 Å². The van der Waals surface area contributed by atoms with Gasteiger partial charge in [-0.05, 0) is 87.5 Å². The van der Waals surface area contributed by atoms with Gasteiger partial charge in [0.1, 0.15) is 12.4 Å². The molecule has 0 spiro atoms. The molecule has 4 heterocycles. The van der Waals surface area contributed by atoms with Crippen molar-refractivity contribution in [3.63, 3.8) is 0 Å². The van der Waals surface area contributed by atoms with Crippen LogP contribution in [0.5, 0.6) is 6.01 Å².